The Hall–Kier alpha value is -2.15. The van der Waals surface area contributed by atoms with Crippen LogP contribution in [0, 0.1) is 11.3 Å². The molecule has 3 N–H and O–H groups in total. The Bertz CT molecular complexity index is 685. The van der Waals surface area contributed by atoms with Crippen molar-refractivity contribution in [2.24, 2.45) is 11.3 Å². The average Bonchev–Trinajstić information content (AvgIpc) is 2.92. The second kappa shape index (κ2) is 7.17. The fourth-order valence-electron chi connectivity index (χ4n) is 2.82. The van der Waals surface area contributed by atoms with Gasteiger partial charge in [-0.15, -0.1) is 11.3 Å². The number of carbonyl (C=O) groups is 3. The van der Waals surface area contributed by atoms with E-state index in [2.05, 4.69) is 31.6 Å². The van der Waals surface area contributed by atoms with E-state index in [0.717, 1.165) is 30.9 Å². The SMILES string of the molecule is CC(C)(C)C1CCc2c(C(=O)NNC(=O)/C=C/C(=O)O)csc2C1. The quantitative estimate of drug-likeness (QED) is 0.576. The molecule has 0 bridgehead atoms. The monoisotopic (exact) mass is 350 g/mol. The Morgan fingerprint density at radius 2 is 1.96 bits per heavy atom. The summed E-state index contributed by atoms with van der Waals surface area (Å²) < 4.78 is 0. The van der Waals surface area contributed by atoms with Gasteiger partial charge in [-0.1, -0.05) is 20.8 Å². The van der Waals surface area contributed by atoms with Crippen molar-refractivity contribution < 1.29 is 19.5 Å². The van der Waals surface area contributed by atoms with Gasteiger partial charge in [0.05, 0.1) is 5.56 Å². The Morgan fingerprint density at radius 3 is 2.58 bits per heavy atom. The molecule has 1 unspecified atom stereocenters. The highest BCUT2D eigenvalue weighted by Crippen LogP contribution is 2.40. The number of carboxylic acids is 1. The number of thiophene rings is 1. The Labute approximate surface area is 144 Å². The molecule has 24 heavy (non-hydrogen) atoms. The van der Waals surface area contributed by atoms with Gasteiger partial charge >= 0.3 is 5.97 Å². The van der Waals surface area contributed by atoms with Crippen molar-refractivity contribution in [1.82, 2.24) is 10.9 Å². The van der Waals surface area contributed by atoms with Crippen LogP contribution in [0.15, 0.2) is 17.5 Å². The topological polar surface area (TPSA) is 95.5 Å². The van der Waals surface area contributed by atoms with Crippen molar-refractivity contribution in [3.63, 3.8) is 0 Å². The molecule has 0 aliphatic heterocycles. The largest absolute Gasteiger partial charge is 0.478 e. The van der Waals surface area contributed by atoms with Crippen molar-refractivity contribution in [1.29, 1.82) is 0 Å². The normalized spacial score (nSPS) is 17.4. The van der Waals surface area contributed by atoms with Gasteiger partial charge in [-0.3, -0.25) is 20.4 Å². The molecule has 1 aliphatic carbocycles. The zero-order valence-corrected chi connectivity index (χ0v) is 14.8. The van der Waals surface area contributed by atoms with E-state index in [1.165, 1.54) is 4.88 Å². The molecule has 1 atom stereocenters. The van der Waals surface area contributed by atoms with Crippen molar-refractivity contribution in [2.45, 2.75) is 40.0 Å². The van der Waals surface area contributed by atoms with Gasteiger partial charge in [0, 0.05) is 22.4 Å². The van der Waals surface area contributed by atoms with Crippen LogP contribution in [0.3, 0.4) is 0 Å². The molecular weight excluding hydrogens is 328 g/mol. The van der Waals surface area contributed by atoms with Gasteiger partial charge in [0.2, 0.25) is 0 Å². The fraction of sp³-hybridized carbons (Fsp3) is 0.471. The van der Waals surface area contributed by atoms with Gasteiger partial charge in [-0.2, -0.15) is 0 Å². The van der Waals surface area contributed by atoms with Crippen LogP contribution in [0.5, 0.6) is 0 Å². The number of hydrogen-bond donors (Lipinski definition) is 3. The van der Waals surface area contributed by atoms with E-state index < -0.39 is 11.9 Å². The first-order chi connectivity index (χ1) is 11.2. The van der Waals surface area contributed by atoms with Gasteiger partial charge in [0.1, 0.15) is 0 Å². The van der Waals surface area contributed by atoms with E-state index in [1.54, 1.807) is 11.3 Å². The smallest absolute Gasteiger partial charge is 0.328 e. The van der Waals surface area contributed by atoms with Crippen molar-refractivity contribution >= 4 is 29.1 Å². The lowest BCUT2D eigenvalue weighted by Gasteiger charge is -2.34. The van der Waals surface area contributed by atoms with Gasteiger partial charge in [0.25, 0.3) is 11.8 Å². The lowest BCUT2D eigenvalue weighted by atomic mass is 9.72. The minimum Gasteiger partial charge on any atom is -0.478 e. The number of fused-ring (bicyclic) bond motifs is 1. The maximum atomic E-state index is 12.2. The van der Waals surface area contributed by atoms with Gasteiger partial charge < -0.3 is 5.11 Å². The van der Waals surface area contributed by atoms with Crippen molar-refractivity contribution in [3.8, 4) is 0 Å². The summed E-state index contributed by atoms with van der Waals surface area (Å²) in [6.07, 6.45) is 4.43. The predicted octanol–water partition coefficient (Wildman–Crippen LogP) is 2.30. The second-order valence-corrected chi connectivity index (χ2v) is 7.94. The molecule has 6 nitrogen and oxygen atoms in total. The molecule has 2 amide bonds. The van der Waals surface area contributed by atoms with E-state index in [1.807, 2.05) is 5.38 Å². The maximum absolute atomic E-state index is 12.2. The molecule has 2 rings (SSSR count). The molecule has 0 spiro atoms. The van der Waals surface area contributed by atoms with Crippen LogP contribution in [0.25, 0.3) is 0 Å². The Kier molecular flexibility index (Phi) is 5.43. The van der Waals surface area contributed by atoms with Crippen LogP contribution in [0.4, 0.5) is 0 Å². The molecule has 1 aliphatic rings. The first kappa shape index (κ1) is 18.2. The summed E-state index contributed by atoms with van der Waals surface area (Å²) >= 11 is 1.58. The highest BCUT2D eigenvalue weighted by molar-refractivity contribution is 7.10. The molecule has 0 saturated heterocycles. The molecular formula is C17H22N2O4S. The number of hydrogen-bond acceptors (Lipinski definition) is 4. The van der Waals surface area contributed by atoms with Gasteiger partial charge in [-0.25, -0.2) is 4.79 Å². The molecule has 0 saturated carbocycles. The zero-order chi connectivity index (χ0) is 17.9. The molecule has 0 fully saturated rings. The van der Waals surface area contributed by atoms with Crippen LogP contribution in [-0.4, -0.2) is 22.9 Å². The Balaban J connectivity index is 1.99. The first-order valence-electron chi connectivity index (χ1n) is 7.79. The molecule has 130 valence electrons. The molecule has 0 radical (unpaired) electrons. The predicted molar refractivity (Wildman–Crippen MR) is 91.7 cm³/mol. The number of aliphatic carboxylic acids is 1. The number of nitrogens with one attached hydrogen (secondary N) is 2. The van der Waals surface area contributed by atoms with Crippen LogP contribution >= 0.6 is 11.3 Å². The summed E-state index contributed by atoms with van der Waals surface area (Å²) in [7, 11) is 0. The molecule has 1 aromatic rings. The number of carbonyl (C=O) groups excluding carboxylic acids is 2. The van der Waals surface area contributed by atoms with Gasteiger partial charge in [-0.05, 0) is 36.2 Å². The number of carboxylic acid groups (broad SMARTS) is 1. The molecule has 1 heterocycles. The summed E-state index contributed by atoms with van der Waals surface area (Å²) in [5, 5.41) is 10.3. The van der Waals surface area contributed by atoms with E-state index >= 15 is 0 Å². The van der Waals surface area contributed by atoms with E-state index in [0.29, 0.717) is 17.6 Å². The van der Waals surface area contributed by atoms with Crippen molar-refractivity contribution in [2.75, 3.05) is 0 Å². The summed E-state index contributed by atoms with van der Waals surface area (Å²) in [5.41, 5.74) is 6.40. The van der Waals surface area contributed by atoms with Crippen LogP contribution < -0.4 is 10.9 Å². The summed E-state index contributed by atoms with van der Waals surface area (Å²) in [4.78, 5) is 35.2. The fourth-order valence-corrected chi connectivity index (χ4v) is 3.98. The van der Waals surface area contributed by atoms with E-state index in [4.69, 9.17) is 5.11 Å². The average molecular weight is 350 g/mol. The minimum absolute atomic E-state index is 0.245. The van der Waals surface area contributed by atoms with Crippen LogP contribution in [0.1, 0.15) is 48.0 Å². The lowest BCUT2D eigenvalue weighted by Crippen LogP contribution is -2.41. The standard InChI is InChI=1S/C17H22N2O4S/c1-17(2,3)10-4-5-11-12(9-24-13(11)8-10)16(23)19-18-14(20)6-7-15(21)22/h6-7,9-10H,4-5,8H2,1-3H3,(H,18,20)(H,19,23)(H,21,22)/b7-6+. The molecule has 1 aromatic heterocycles. The van der Waals surface area contributed by atoms with Gasteiger partial charge in [0.15, 0.2) is 0 Å². The molecule has 7 heteroatoms. The Morgan fingerprint density at radius 1 is 1.25 bits per heavy atom. The highest BCUT2D eigenvalue weighted by atomic mass is 32.1. The zero-order valence-electron chi connectivity index (χ0n) is 14.0. The third-order valence-electron chi connectivity index (χ3n) is 4.30. The highest BCUT2D eigenvalue weighted by Gasteiger charge is 2.31. The third kappa shape index (κ3) is 4.44. The summed E-state index contributed by atoms with van der Waals surface area (Å²) in [6.45, 7) is 6.72. The lowest BCUT2D eigenvalue weighted by molar-refractivity contribution is -0.131. The summed E-state index contributed by atoms with van der Waals surface area (Å²) in [6, 6.07) is 0. The second-order valence-electron chi connectivity index (χ2n) is 6.97. The first-order valence-corrected chi connectivity index (χ1v) is 8.67. The van der Waals surface area contributed by atoms with Crippen LogP contribution in [0.2, 0.25) is 0 Å². The number of amides is 2. The molecule has 0 aromatic carbocycles. The summed E-state index contributed by atoms with van der Waals surface area (Å²) in [5.74, 6) is -1.70. The minimum atomic E-state index is -1.23. The number of rotatable bonds is 3. The maximum Gasteiger partial charge on any atom is 0.328 e. The van der Waals surface area contributed by atoms with Crippen LogP contribution in [-0.2, 0) is 22.4 Å². The third-order valence-corrected chi connectivity index (χ3v) is 5.35. The van der Waals surface area contributed by atoms with E-state index in [-0.39, 0.29) is 11.3 Å². The van der Waals surface area contributed by atoms with E-state index in [9.17, 15) is 14.4 Å². The number of hydrazine groups is 1. The van der Waals surface area contributed by atoms with Crippen molar-refractivity contribution in [3.05, 3.63) is 33.5 Å².